The third-order valence-corrected chi connectivity index (χ3v) is 7.77. The second kappa shape index (κ2) is 5.97. The van der Waals surface area contributed by atoms with Crippen molar-refractivity contribution in [1.82, 2.24) is 4.72 Å². The molecule has 0 spiro atoms. The van der Waals surface area contributed by atoms with Gasteiger partial charge in [-0.3, -0.25) is 0 Å². The standard InChI is InChI=1S/C10H12BrCl2NO2S2/c11-10-8(13)5-9(17-10)18(15,16)14-7-3-1-6(12)2-4-7/h5-7,14H,1-4H2. The van der Waals surface area contributed by atoms with Crippen LogP contribution in [-0.4, -0.2) is 19.8 Å². The predicted octanol–water partition coefficient (Wildman–Crippen LogP) is 3.99. The summed E-state index contributed by atoms with van der Waals surface area (Å²) >= 11 is 16.2. The van der Waals surface area contributed by atoms with Crippen molar-refractivity contribution in [3.8, 4) is 0 Å². The molecule has 1 saturated carbocycles. The molecule has 1 fully saturated rings. The lowest BCUT2D eigenvalue weighted by Crippen LogP contribution is -2.37. The molecule has 0 aliphatic heterocycles. The average Bonchev–Trinajstić information content (AvgIpc) is 2.63. The first-order valence-electron chi connectivity index (χ1n) is 5.50. The molecule has 2 rings (SSSR count). The Bertz CT molecular complexity index is 504. The quantitative estimate of drug-likeness (QED) is 0.790. The normalized spacial score (nSPS) is 25.3. The molecule has 0 bridgehead atoms. The van der Waals surface area contributed by atoms with Crippen LogP contribution in [0.25, 0.3) is 0 Å². The molecular weight excluding hydrogens is 381 g/mol. The van der Waals surface area contributed by atoms with E-state index >= 15 is 0 Å². The number of hydrogen-bond donors (Lipinski definition) is 1. The first-order chi connectivity index (χ1) is 8.38. The van der Waals surface area contributed by atoms with Crippen molar-refractivity contribution in [1.29, 1.82) is 0 Å². The van der Waals surface area contributed by atoms with Crippen LogP contribution in [0.2, 0.25) is 5.02 Å². The van der Waals surface area contributed by atoms with Gasteiger partial charge >= 0.3 is 0 Å². The number of hydrogen-bond acceptors (Lipinski definition) is 3. The molecule has 3 nitrogen and oxygen atoms in total. The number of alkyl halides is 1. The van der Waals surface area contributed by atoms with Crippen molar-refractivity contribution < 1.29 is 8.42 Å². The van der Waals surface area contributed by atoms with E-state index in [0.29, 0.717) is 8.81 Å². The Kier molecular flexibility index (Phi) is 5.00. The van der Waals surface area contributed by atoms with Gasteiger partial charge in [-0.1, -0.05) is 11.6 Å². The summed E-state index contributed by atoms with van der Waals surface area (Å²) in [4.78, 5) is 0. The fourth-order valence-corrected chi connectivity index (χ4v) is 5.88. The van der Waals surface area contributed by atoms with Crippen LogP contribution >= 0.6 is 50.5 Å². The van der Waals surface area contributed by atoms with Gasteiger partial charge in [0.1, 0.15) is 4.21 Å². The number of rotatable bonds is 3. The van der Waals surface area contributed by atoms with Crippen molar-refractivity contribution >= 4 is 60.5 Å². The summed E-state index contributed by atoms with van der Waals surface area (Å²) in [7, 11) is -3.47. The molecule has 18 heavy (non-hydrogen) atoms. The predicted molar refractivity (Wildman–Crippen MR) is 79.2 cm³/mol. The summed E-state index contributed by atoms with van der Waals surface area (Å²) < 4.78 is 27.9. The fourth-order valence-electron chi connectivity index (χ4n) is 1.91. The molecule has 0 unspecified atom stereocenters. The Labute approximate surface area is 129 Å². The molecule has 102 valence electrons. The lowest BCUT2D eigenvalue weighted by Gasteiger charge is -2.25. The number of nitrogens with one attached hydrogen (secondary N) is 1. The van der Waals surface area contributed by atoms with Gasteiger partial charge in [-0.05, 0) is 47.7 Å². The van der Waals surface area contributed by atoms with Crippen molar-refractivity contribution in [2.45, 2.75) is 41.3 Å². The largest absolute Gasteiger partial charge is 0.250 e. The molecule has 0 aromatic carbocycles. The highest BCUT2D eigenvalue weighted by Gasteiger charge is 2.26. The summed E-state index contributed by atoms with van der Waals surface area (Å²) in [5, 5.41) is 0.598. The highest BCUT2D eigenvalue weighted by molar-refractivity contribution is 9.11. The Hall–Kier alpha value is 0.670. The summed E-state index contributed by atoms with van der Waals surface area (Å²) in [6.45, 7) is 0. The first kappa shape index (κ1) is 15.1. The zero-order valence-electron chi connectivity index (χ0n) is 9.33. The van der Waals surface area contributed by atoms with E-state index in [9.17, 15) is 8.42 Å². The Morgan fingerprint density at radius 2 is 1.94 bits per heavy atom. The van der Waals surface area contributed by atoms with Gasteiger partial charge in [0.25, 0.3) is 0 Å². The molecule has 1 heterocycles. The van der Waals surface area contributed by atoms with Gasteiger partial charge in [-0.25, -0.2) is 13.1 Å². The Morgan fingerprint density at radius 3 is 2.44 bits per heavy atom. The van der Waals surface area contributed by atoms with E-state index in [4.69, 9.17) is 23.2 Å². The Balaban J connectivity index is 2.08. The lowest BCUT2D eigenvalue weighted by atomic mass is 9.96. The molecular formula is C10H12BrCl2NO2S2. The monoisotopic (exact) mass is 391 g/mol. The SMILES string of the molecule is O=S(=O)(NC1CCC(Cl)CC1)c1cc(Cl)c(Br)s1. The first-order valence-corrected chi connectivity index (χ1v) is 9.40. The molecule has 8 heteroatoms. The molecule has 1 aliphatic carbocycles. The molecule has 1 aromatic heterocycles. The number of halogens is 3. The molecule has 0 atom stereocenters. The van der Waals surface area contributed by atoms with Gasteiger partial charge in [-0.2, -0.15) is 0 Å². The maximum absolute atomic E-state index is 12.1. The molecule has 0 amide bonds. The third kappa shape index (κ3) is 3.61. The van der Waals surface area contributed by atoms with Gasteiger partial charge in [0.15, 0.2) is 0 Å². The highest BCUT2D eigenvalue weighted by Crippen LogP contribution is 2.35. The minimum Gasteiger partial charge on any atom is -0.207 e. The second-order valence-corrected chi connectivity index (χ2v) is 9.59. The average molecular weight is 393 g/mol. The summed E-state index contributed by atoms with van der Waals surface area (Å²) in [5.41, 5.74) is 0. The van der Waals surface area contributed by atoms with Gasteiger partial charge in [-0.15, -0.1) is 22.9 Å². The van der Waals surface area contributed by atoms with Crippen LogP contribution in [-0.2, 0) is 10.0 Å². The van der Waals surface area contributed by atoms with E-state index in [1.54, 1.807) is 0 Å². The van der Waals surface area contributed by atoms with Crippen molar-refractivity contribution in [3.63, 3.8) is 0 Å². The summed E-state index contributed by atoms with van der Waals surface area (Å²) in [6.07, 6.45) is 3.27. The lowest BCUT2D eigenvalue weighted by molar-refractivity contribution is 0.417. The molecule has 0 radical (unpaired) electrons. The Morgan fingerprint density at radius 1 is 1.33 bits per heavy atom. The maximum Gasteiger partial charge on any atom is 0.250 e. The van der Waals surface area contributed by atoms with Gasteiger partial charge in [0.05, 0.1) is 8.81 Å². The molecule has 0 saturated heterocycles. The topological polar surface area (TPSA) is 46.2 Å². The minimum absolute atomic E-state index is 0.0235. The third-order valence-electron chi connectivity index (χ3n) is 2.87. The molecule has 1 aliphatic rings. The summed E-state index contributed by atoms with van der Waals surface area (Å²) in [6, 6.07) is 1.44. The van der Waals surface area contributed by atoms with Crippen LogP contribution in [0, 0.1) is 0 Å². The summed E-state index contributed by atoms with van der Waals surface area (Å²) in [5.74, 6) is 0. The highest BCUT2D eigenvalue weighted by atomic mass is 79.9. The van der Waals surface area contributed by atoms with Gasteiger partial charge in [0, 0.05) is 11.4 Å². The smallest absolute Gasteiger partial charge is 0.207 e. The zero-order chi connectivity index (χ0) is 13.3. The van der Waals surface area contributed by atoms with E-state index in [0.717, 1.165) is 37.0 Å². The number of sulfonamides is 1. The van der Waals surface area contributed by atoms with Gasteiger partial charge < -0.3 is 0 Å². The van der Waals surface area contributed by atoms with Crippen molar-refractivity contribution in [2.24, 2.45) is 0 Å². The van der Waals surface area contributed by atoms with Crippen LogP contribution in [0.4, 0.5) is 0 Å². The zero-order valence-corrected chi connectivity index (χ0v) is 14.1. The van der Waals surface area contributed by atoms with E-state index in [1.165, 1.54) is 6.07 Å². The van der Waals surface area contributed by atoms with E-state index in [1.807, 2.05) is 0 Å². The van der Waals surface area contributed by atoms with Crippen LogP contribution in [0.3, 0.4) is 0 Å². The maximum atomic E-state index is 12.1. The van der Waals surface area contributed by atoms with E-state index in [2.05, 4.69) is 20.7 Å². The van der Waals surface area contributed by atoms with Gasteiger partial charge in [0.2, 0.25) is 10.0 Å². The number of thiophene rings is 1. The molecule has 1 aromatic rings. The van der Waals surface area contributed by atoms with Crippen LogP contribution in [0.5, 0.6) is 0 Å². The van der Waals surface area contributed by atoms with Crippen molar-refractivity contribution in [2.75, 3.05) is 0 Å². The van der Waals surface area contributed by atoms with Crippen LogP contribution in [0.15, 0.2) is 14.1 Å². The minimum atomic E-state index is -3.47. The second-order valence-electron chi connectivity index (χ2n) is 4.26. The fraction of sp³-hybridized carbons (Fsp3) is 0.600. The van der Waals surface area contributed by atoms with E-state index < -0.39 is 10.0 Å². The van der Waals surface area contributed by atoms with Crippen LogP contribution in [0.1, 0.15) is 25.7 Å². The van der Waals surface area contributed by atoms with Crippen molar-refractivity contribution in [3.05, 3.63) is 14.9 Å². The van der Waals surface area contributed by atoms with Crippen LogP contribution < -0.4 is 4.72 Å². The van der Waals surface area contributed by atoms with E-state index in [-0.39, 0.29) is 15.6 Å². The molecule has 1 N–H and O–H groups in total.